The summed E-state index contributed by atoms with van der Waals surface area (Å²) in [5.41, 5.74) is 0.470. The van der Waals surface area contributed by atoms with Gasteiger partial charge < -0.3 is 5.11 Å². The molecule has 1 aliphatic rings. The van der Waals surface area contributed by atoms with Crippen LogP contribution in [0, 0.1) is 5.41 Å². The molecule has 1 nitrogen and oxygen atoms in total. The molecule has 0 bridgehead atoms. The highest BCUT2D eigenvalue weighted by atomic mass is 35.5. The zero-order chi connectivity index (χ0) is 13.4. The summed E-state index contributed by atoms with van der Waals surface area (Å²) < 4.78 is 0. The molecular weight excluding hydrogens is 267 g/mol. The zero-order valence-corrected chi connectivity index (χ0v) is 12.5. The van der Waals surface area contributed by atoms with Gasteiger partial charge in [0.05, 0.1) is 15.6 Å². The van der Waals surface area contributed by atoms with Crippen LogP contribution in [0.2, 0.25) is 10.0 Å². The van der Waals surface area contributed by atoms with Crippen LogP contribution in [0.5, 0.6) is 0 Å². The standard InChI is InChI=1S/C15H20Cl2O/c1-14(2)6-3-7-15(18,9-8-14)11-4-5-12(16)13(17)10-11/h4-5,10,18H,3,6-9H2,1-2H3. The van der Waals surface area contributed by atoms with Crippen LogP contribution in [0.15, 0.2) is 18.2 Å². The Kier molecular flexibility index (Phi) is 3.96. The lowest BCUT2D eigenvalue weighted by Crippen LogP contribution is -2.25. The van der Waals surface area contributed by atoms with E-state index in [0.29, 0.717) is 15.5 Å². The van der Waals surface area contributed by atoms with Gasteiger partial charge in [-0.05, 0) is 55.2 Å². The number of benzene rings is 1. The van der Waals surface area contributed by atoms with Crippen LogP contribution in [-0.2, 0) is 5.60 Å². The van der Waals surface area contributed by atoms with E-state index in [2.05, 4.69) is 13.8 Å². The minimum absolute atomic E-state index is 0.320. The first-order valence-electron chi connectivity index (χ1n) is 6.50. The van der Waals surface area contributed by atoms with E-state index in [1.165, 1.54) is 0 Å². The predicted molar refractivity (Wildman–Crippen MR) is 77.2 cm³/mol. The highest BCUT2D eigenvalue weighted by molar-refractivity contribution is 6.42. The third-order valence-corrected chi connectivity index (χ3v) is 4.86. The van der Waals surface area contributed by atoms with Gasteiger partial charge in [-0.3, -0.25) is 0 Å². The van der Waals surface area contributed by atoms with Crippen LogP contribution in [0.3, 0.4) is 0 Å². The molecule has 1 aliphatic carbocycles. The van der Waals surface area contributed by atoms with Crippen molar-refractivity contribution in [2.24, 2.45) is 5.41 Å². The maximum Gasteiger partial charge on any atom is 0.0897 e. The van der Waals surface area contributed by atoms with E-state index < -0.39 is 5.60 Å². The van der Waals surface area contributed by atoms with E-state index >= 15 is 0 Å². The quantitative estimate of drug-likeness (QED) is 0.706. The molecule has 1 unspecified atom stereocenters. The Bertz CT molecular complexity index is 442. The second-order valence-electron chi connectivity index (χ2n) is 6.18. The molecule has 0 amide bonds. The van der Waals surface area contributed by atoms with E-state index in [-0.39, 0.29) is 0 Å². The van der Waals surface area contributed by atoms with Crippen molar-refractivity contribution < 1.29 is 5.11 Å². The van der Waals surface area contributed by atoms with Gasteiger partial charge in [0.1, 0.15) is 0 Å². The molecule has 1 atom stereocenters. The van der Waals surface area contributed by atoms with Crippen LogP contribution in [0.25, 0.3) is 0 Å². The third kappa shape index (κ3) is 3.01. The van der Waals surface area contributed by atoms with Gasteiger partial charge in [-0.25, -0.2) is 0 Å². The lowest BCUT2D eigenvalue weighted by Gasteiger charge is -2.28. The highest BCUT2D eigenvalue weighted by Crippen LogP contribution is 2.43. The fourth-order valence-corrected chi connectivity index (χ4v) is 3.03. The van der Waals surface area contributed by atoms with Gasteiger partial charge in [0, 0.05) is 0 Å². The zero-order valence-electron chi connectivity index (χ0n) is 11.0. The molecule has 100 valence electrons. The molecular formula is C15H20Cl2O. The Balaban J connectivity index is 2.27. The lowest BCUT2D eigenvalue weighted by molar-refractivity contribution is 0.0180. The second-order valence-corrected chi connectivity index (χ2v) is 6.99. The van der Waals surface area contributed by atoms with Crippen molar-refractivity contribution in [1.82, 2.24) is 0 Å². The normalized spacial score (nSPS) is 27.8. The highest BCUT2D eigenvalue weighted by Gasteiger charge is 2.35. The summed E-state index contributed by atoms with van der Waals surface area (Å²) in [6.45, 7) is 4.54. The Morgan fingerprint density at radius 3 is 2.39 bits per heavy atom. The number of rotatable bonds is 1. The van der Waals surface area contributed by atoms with E-state index in [0.717, 1.165) is 37.7 Å². The Labute approximate surface area is 119 Å². The summed E-state index contributed by atoms with van der Waals surface area (Å²) in [5, 5.41) is 11.9. The summed E-state index contributed by atoms with van der Waals surface area (Å²) in [6, 6.07) is 5.47. The summed E-state index contributed by atoms with van der Waals surface area (Å²) in [7, 11) is 0. The van der Waals surface area contributed by atoms with Gasteiger partial charge in [0.15, 0.2) is 0 Å². The maximum absolute atomic E-state index is 10.9. The second kappa shape index (κ2) is 5.03. The maximum atomic E-state index is 10.9. The smallest absolute Gasteiger partial charge is 0.0897 e. The largest absolute Gasteiger partial charge is 0.385 e. The third-order valence-electron chi connectivity index (χ3n) is 4.12. The molecule has 2 rings (SSSR count). The first-order chi connectivity index (χ1) is 8.32. The van der Waals surface area contributed by atoms with Crippen LogP contribution in [0.4, 0.5) is 0 Å². The van der Waals surface area contributed by atoms with Crippen molar-refractivity contribution in [2.75, 3.05) is 0 Å². The summed E-state index contributed by atoms with van der Waals surface area (Å²) in [4.78, 5) is 0. The average molecular weight is 287 g/mol. The Hall–Kier alpha value is -0.240. The molecule has 0 heterocycles. The lowest BCUT2D eigenvalue weighted by atomic mass is 9.82. The molecule has 1 saturated carbocycles. The Morgan fingerprint density at radius 2 is 1.72 bits per heavy atom. The Morgan fingerprint density at radius 1 is 1.00 bits per heavy atom. The van der Waals surface area contributed by atoms with Crippen molar-refractivity contribution >= 4 is 23.2 Å². The molecule has 0 aliphatic heterocycles. The summed E-state index contributed by atoms with van der Waals surface area (Å²) >= 11 is 12.0. The van der Waals surface area contributed by atoms with Gasteiger partial charge in [0.2, 0.25) is 0 Å². The van der Waals surface area contributed by atoms with Gasteiger partial charge >= 0.3 is 0 Å². The molecule has 0 spiro atoms. The molecule has 3 heteroatoms. The first kappa shape index (κ1) is 14.2. The minimum Gasteiger partial charge on any atom is -0.385 e. The van der Waals surface area contributed by atoms with Gasteiger partial charge in [-0.2, -0.15) is 0 Å². The van der Waals surface area contributed by atoms with Crippen LogP contribution >= 0.6 is 23.2 Å². The minimum atomic E-state index is -0.748. The van der Waals surface area contributed by atoms with Gasteiger partial charge in [-0.15, -0.1) is 0 Å². The van der Waals surface area contributed by atoms with Gasteiger partial charge in [-0.1, -0.05) is 43.1 Å². The number of hydrogen-bond acceptors (Lipinski definition) is 1. The SMILES string of the molecule is CC1(C)CCCC(O)(c2ccc(Cl)c(Cl)c2)CC1. The fraction of sp³-hybridized carbons (Fsp3) is 0.600. The molecule has 0 aromatic heterocycles. The molecule has 1 aromatic rings. The topological polar surface area (TPSA) is 20.2 Å². The van der Waals surface area contributed by atoms with E-state index in [4.69, 9.17) is 23.2 Å². The molecule has 18 heavy (non-hydrogen) atoms. The van der Waals surface area contributed by atoms with Crippen molar-refractivity contribution in [3.8, 4) is 0 Å². The van der Waals surface area contributed by atoms with Crippen molar-refractivity contribution in [3.05, 3.63) is 33.8 Å². The fourth-order valence-electron chi connectivity index (χ4n) is 2.73. The molecule has 1 N–H and O–H groups in total. The predicted octanol–water partition coefficient (Wildman–Crippen LogP) is 5.17. The average Bonchev–Trinajstić information content (AvgIpc) is 2.43. The monoisotopic (exact) mass is 286 g/mol. The van der Waals surface area contributed by atoms with Crippen molar-refractivity contribution in [1.29, 1.82) is 0 Å². The summed E-state index contributed by atoms with van der Waals surface area (Å²) in [6.07, 6.45) is 4.83. The van der Waals surface area contributed by atoms with Crippen LogP contribution in [-0.4, -0.2) is 5.11 Å². The number of hydrogen-bond donors (Lipinski definition) is 1. The summed E-state index contributed by atoms with van der Waals surface area (Å²) in [5.74, 6) is 0. The van der Waals surface area contributed by atoms with Crippen LogP contribution < -0.4 is 0 Å². The first-order valence-corrected chi connectivity index (χ1v) is 7.26. The van der Waals surface area contributed by atoms with Crippen molar-refractivity contribution in [2.45, 2.75) is 51.6 Å². The number of aliphatic hydroxyl groups is 1. The van der Waals surface area contributed by atoms with Gasteiger partial charge in [0.25, 0.3) is 0 Å². The number of halogens is 2. The van der Waals surface area contributed by atoms with Crippen LogP contribution in [0.1, 0.15) is 51.5 Å². The molecule has 1 fully saturated rings. The van der Waals surface area contributed by atoms with Crippen molar-refractivity contribution in [3.63, 3.8) is 0 Å². The van der Waals surface area contributed by atoms with E-state index in [9.17, 15) is 5.11 Å². The molecule has 0 radical (unpaired) electrons. The van der Waals surface area contributed by atoms with E-state index in [1.54, 1.807) is 6.07 Å². The molecule has 0 saturated heterocycles. The van der Waals surface area contributed by atoms with E-state index in [1.807, 2.05) is 12.1 Å². The molecule has 1 aromatic carbocycles.